The van der Waals surface area contributed by atoms with E-state index in [0.29, 0.717) is 25.8 Å². The van der Waals surface area contributed by atoms with Crippen LogP contribution in [-0.4, -0.2) is 55.0 Å². The number of benzene rings is 1. The topological polar surface area (TPSA) is 114 Å². The van der Waals surface area contributed by atoms with E-state index < -0.39 is 12.1 Å². The van der Waals surface area contributed by atoms with Gasteiger partial charge in [-0.05, 0) is 37.7 Å². The Morgan fingerprint density at radius 1 is 0.517 bits per heavy atom. The molecule has 3 amide bonds. The Hall–Kier alpha value is -2.61. The van der Waals surface area contributed by atoms with Gasteiger partial charge >= 0.3 is 6.09 Å². The lowest BCUT2D eigenvalue weighted by Gasteiger charge is -2.23. The molecule has 0 saturated carbocycles. The van der Waals surface area contributed by atoms with Crippen LogP contribution in [0.5, 0.6) is 0 Å². The lowest BCUT2D eigenvalue weighted by atomic mass is 10.0. The van der Waals surface area contributed by atoms with Crippen LogP contribution < -0.4 is 16.4 Å². The van der Waals surface area contributed by atoms with Crippen molar-refractivity contribution in [1.82, 2.24) is 15.5 Å². The van der Waals surface area contributed by atoms with Crippen molar-refractivity contribution in [1.29, 1.82) is 0 Å². The molecule has 1 atom stereocenters. The van der Waals surface area contributed by atoms with Gasteiger partial charge in [0, 0.05) is 19.6 Å². The Morgan fingerprint density at radius 3 is 1.30 bits per heavy atom. The van der Waals surface area contributed by atoms with Crippen molar-refractivity contribution in [2.75, 3.05) is 26.2 Å². The standard InChI is InChI=1S/C52H96N4O4/c1-3-5-7-9-11-13-15-17-19-21-23-25-27-29-31-38-44-56(45-39-32-30-28-26-24-22-20-18-16-14-12-10-8-6-4-2)50(57)46-55-51(58)49(53)42-36-37-43-54-52(59)60-47-48-40-34-33-35-41-48/h33-35,40-41,49H,3-32,36-39,42-47,53H2,1-2H3,(H,54,59)(H,55,58)/t49-/m0/s1. The van der Waals surface area contributed by atoms with Gasteiger partial charge in [-0.15, -0.1) is 0 Å². The molecule has 8 nitrogen and oxygen atoms in total. The van der Waals surface area contributed by atoms with Gasteiger partial charge in [-0.1, -0.05) is 237 Å². The number of nitrogens with zero attached hydrogens (tertiary/aromatic N) is 1. The zero-order valence-electron chi connectivity index (χ0n) is 39.4. The number of nitrogens with one attached hydrogen (secondary N) is 2. The van der Waals surface area contributed by atoms with Crippen molar-refractivity contribution in [2.45, 2.75) is 251 Å². The molecule has 0 radical (unpaired) electrons. The first-order valence-corrected chi connectivity index (χ1v) is 25.7. The number of alkyl carbamates (subject to hydrolysis) is 1. The molecule has 0 spiro atoms. The number of carbonyl (C=O) groups excluding carboxylic acids is 3. The fourth-order valence-electron chi connectivity index (χ4n) is 8.05. The Balaban J connectivity index is 2.28. The zero-order valence-corrected chi connectivity index (χ0v) is 39.4. The number of amides is 3. The molecular formula is C52H96N4O4. The van der Waals surface area contributed by atoms with Crippen LogP contribution in [0.15, 0.2) is 30.3 Å². The lowest BCUT2D eigenvalue weighted by Crippen LogP contribution is -2.46. The van der Waals surface area contributed by atoms with Crippen LogP contribution in [0.1, 0.15) is 244 Å². The van der Waals surface area contributed by atoms with E-state index in [4.69, 9.17) is 10.5 Å². The number of nitrogens with two attached hydrogens (primary N) is 1. The summed E-state index contributed by atoms with van der Waals surface area (Å²) in [6.07, 6.45) is 44.0. The van der Waals surface area contributed by atoms with Crippen molar-refractivity contribution >= 4 is 17.9 Å². The van der Waals surface area contributed by atoms with Crippen LogP contribution in [-0.2, 0) is 20.9 Å². The summed E-state index contributed by atoms with van der Waals surface area (Å²) in [6.45, 7) is 6.77. The van der Waals surface area contributed by atoms with Crippen molar-refractivity contribution in [2.24, 2.45) is 5.73 Å². The predicted molar refractivity (Wildman–Crippen MR) is 255 cm³/mol. The summed E-state index contributed by atoms with van der Waals surface area (Å²) in [5.74, 6) is -0.293. The van der Waals surface area contributed by atoms with Gasteiger partial charge in [-0.2, -0.15) is 0 Å². The third kappa shape index (κ3) is 36.1. The Bertz CT molecular complexity index is 1070. The normalized spacial score (nSPS) is 11.7. The summed E-state index contributed by atoms with van der Waals surface area (Å²) in [5, 5.41) is 5.58. The van der Waals surface area contributed by atoms with Crippen molar-refractivity contribution in [3.05, 3.63) is 35.9 Å². The second kappa shape index (κ2) is 43.1. The van der Waals surface area contributed by atoms with E-state index in [1.165, 1.54) is 180 Å². The first-order chi connectivity index (χ1) is 29.5. The van der Waals surface area contributed by atoms with Gasteiger partial charge in [0.2, 0.25) is 11.8 Å². The Kier molecular flexibility index (Phi) is 39.8. The van der Waals surface area contributed by atoms with Gasteiger partial charge in [0.05, 0.1) is 12.6 Å². The zero-order chi connectivity index (χ0) is 43.4. The summed E-state index contributed by atoms with van der Waals surface area (Å²) < 4.78 is 5.25. The monoisotopic (exact) mass is 841 g/mol. The van der Waals surface area contributed by atoms with E-state index >= 15 is 0 Å². The molecule has 1 rings (SSSR count). The average Bonchev–Trinajstić information content (AvgIpc) is 3.26. The van der Waals surface area contributed by atoms with Crippen LogP contribution in [0, 0.1) is 0 Å². The number of rotatable bonds is 44. The van der Waals surface area contributed by atoms with Crippen LogP contribution >= 0.6 is 0 Å². The molecule has 0 heterocycles. The molecule has 0 bridgehead atoms. The molecule has 0 unspecified atom stereocenters. The van der Waals surface area contributed by atoms with Crippen molar-refractivity contribution < 1.29 is 19.1 Å². The molecule has 0 aliphatic rings. The molecule has 1 aromatic carbocycles. The Labute approximate surface area is 370 Å². The summed E-state index contributed by atoms with van der Waals surface area (Å²) in [5.41, 5.74) is 7.13. The van der Waals surface area contributed by atoms with Gasteiger partial charge in [-0.25, -0.2) is 4.79 Å². The summed E-state index contributed by atoms with van der Waals surface area (Å²) in [6, 6.07) is 8.88. The number of carbonyl (C=O) groups is 3. The summed E-state index contributed by atoms with van der Waals surface area (Å²) in [7, 11) is 0. The lowest BCUT2D eigenvalue weighted by molar-refractivity contribution is -0.133. The molecule has 0 fully saturated rings. The summed E-state index contributed by atoms with van der Waals surface area (Å²) in [4.78, 5) is 40.1. The van der Waals surface area contributed by atoms with Crippen LogP contribution in [0.3, 0.4) is 0 Å². The van der Waals surface area contributed by atoms with Crippen LogP contribution in [0.25, 0.3) is 0 Å². The molecule has 60 heavy (non-hydrogen) atoms. The van der Waals surface area contributed by atoms with Crippen molar-refractivity contribution in [3.8, 4) is 0 Å². The highest BCUT2D eigenvalue weighted by atomic mass is 16.5. The molecule has 0 saturated heterocycles. The first-order valence-electron chi connectivity index (χ1n) is 25.7. The van der Waals surface area contributed by atoms with E-state index in [9.17, 15) is 14.4 Å². The number of hydrogen-bond donors (Lipinski definition) is 3. The predicted octanol–water partition coefficient (Wildman–Crippen LogP) is 13.9. The van der Waals surface area contributed by atoms with E-state index in [2.05, 4.69) is 24.5 Å². The average molecular weight is 841 g/mol. The number of unbranched alkanes of at least 4 members (excludes halogenated alkanes) is 31. The molecule has 1 aromatic rings. The molecule has 8 heteroatoms. The molecular weight excluding hydrogens is 745 g/mol. The molecule has 4 N–H and O–H groups in total. The van der Waals surface area contributed by atoms with E-state index in [1.54, 1.807) is 0 Å². The minimum atomic E-state index is -0.683. The largest absolute Gasteiger partial charge is 0.445 e. The SMILES string of the molecule is CCCCCCCCCCCCCCCCCCN(CCCCCCCCCCCCCCCCCC)C(=O)CNC(=O)[C@@H](N)CCCCNC(=O)OCc1ccccc1. The number of ether oxygens (including phenoxy) is 1. The minimum Gasteiger partial charge on any atom is -0.445 e. The van der Waals surface area contributed by atoms with Gasteiger partial charge in [0.1, 0.15) is 6.61 Å². The van der Waals surface area contributed by atoms with Gasteiger partial charge in [0.25, 0.3) is 0 Å². The fraction of sp³-hybridized carbons (Fsp3) is 0.827. The third-order valence-corrected chi connectivity index (χ3v) is 12.1. The molecule has 348 valence electrons. The second-order valence-corrected chi connectivity index (χ2v) is 17.8. The fourth-order valence-corrected chi connectivity index (χ4v) is 8.05. The van der Waals surface area contributed by atoms with E-state index in [1.807, 2.05) is 35.2 Å². The highest BCUT2D eigenvalue weighted by Crippen LogP contribution is 2.16. The minimum absolute atomic E-state index is 0.000934. The smallest absolute Gasteiger partial charge is 0.407 e. The third-order valence-electron chi connectivity index (χ3n) is 12.1. The highest BCUT2D eigenvalue weighted by molar-refractivity contribution is 5.87. The molecule has 0 aliphatic heterocycles. The van der Waals surface area contributed by atoms with Crippen LogP contribution in [0.2, 0.25) is 0 Å². The van der Waals surface area contributed by atoms with Crippen LogP contribution in [0.4, 0.5) is 4.79 Å². The maximum atomic E-state index is 13.4. The Morgan fingerprint density at radius 2 is 0.900 bits per heavy atom. The van der Waals surface area contributed by atoms with Gasteiger partial charge in [-0.3, -0.25) is 9.59 Å². The number of hydrogen-bond acceptors (Lipinski definition) is 5. The first kappa shape index (κ1) is 55.4. The highest BCUT2D eigenvalue weighted by Gasteiger charge is 2.18. The summed E-state index contributed by atoms with van der Waals surface area (Å²) >= 11 is 0. The second-order valence-electron chi connectivity index (χ2n) is 17.8. The van der Waals surface area contributed by atoms with Gasteiger partial charge < -0.3 is 26.0 Å². The molecule has 0 aromatic heterocycles. The van der Waals surface area contributed by atoms with Crippen molar-refractivity contribution in [3.63, 3.8) is 0 Å². The maximum absolute atomic E-state index is 13.4. The van der Waals surface area contributed by atoms with E-state index in [-0.39, 0.29) is 25.0 Å². The quantitative estimate of drug-likeness (QED) is 0.0566. The van der Waals surface area contributed by atoms with Gasteiger partial charge in [0.15, 0.2) is 0 Å². The maximum Gasteiger partial charge on any atom is 0.407 e. The van der Waals surface area contributed by atoms with E-state index in [0.717, 1.165) is 44.3 Å². The molecule has 0 aliphatic carbocycles.